The van der Waals surface area contributed by atoms with Gasteiger partial charge in [-0.1, -0.05) is 43.0 Å². The van der Waals surface area contributed by atoms with Crippen LogP contribution in [0.5, 0.6) is 0 Å². The van der Waals surface area contributed by atoms with E-state index in [0.717, 1.165) is 5.56 Å². The average molecular weight is 292 g/mol. The summed E-state index contributed by atoms with van der Waals surface area (Å²) in [6.45, 7) is 4.22. The summed E-state index contributed by atoms with van der Waals surface area (Å²) >= 11 is 0. The van der Waals surface area contributed by atoms with Crippen LogP contribution in [0.15, 0.2) is 43.0 Å². The second kappa shape index (κ2) is 8.76. The Morgan fingerprint density at radius 1 is 1.43 bits per heavy atom. The number of carboxylic acid groups (broad SMARTS) is 1. The van der Waals surface area contributed by atoms with Gasteiger partial charge in [-0.2, -0.15) is 0 Å². The van der Waals surface area contributed by atoms with Gasteiger partial charge in [-0.3, -0.25) is 4.90 Å². The third-order valence-electron chi connectivity index (χ3n) is 2.71. The number of ether oxygens (including phenoxy) is 1. The van der Waals surface area contributed by atoms with Crippen LogP contribution >= 0.6 is 0 Å². The molecule has 0 radical (unpaired) electrons. The minimum absolute atomic E-state index is 0.0397. The summed E-state index contributed by atoms with van der Waals surface area (Å²) in [5, 5.41) is 11.5. The lowest BCUT2D eigenvalue weighted by molar-refractivity contribution is -0.139. The minimum Gasteiger partial charge on any atom is -0.480 e. The Bertz CT molecular complexity index is 476. The second-order valence-corrected chi connectivity index (χ2v) is 4.60. The number of benzene rings is 1. The normalized spacial score (nSPS) is 11.7. The zero-order valence-corrected chi connectivity index (χ0v) is 12.0. The van der Waals surface area contributed by atoms with Crippen molar-refractivity contribution in [1.29, 1.82) is 0 Å². The molecule has 0 saturated carbocycles. The maximum absolute atomic E-state index is 11.4. The molecule has 6 heteroatoms. The topological polar surface area (TPSA) is 78.9 Å². The molecular weight excluding hydrogens is 272 g/mol. The standard InChI is InChI=1S/C15H20N2O4/c1-3-9-21-15(20)16-13(14(18)19)11-17(2)10-12-7-5-4-6-8-12/h3-8,13H,1,9-11H2,2H3,(H,16,20)(H,18,19). The van der Waals surface area contributed by atoms with Gasteiger partial charge in [0, 0.05) is 13.1 Å². The smallest absolute Gasteiger partial charge is 0.408 e. The van der Waals surface area contributed by atoms with E-state index in [1.807, 2.05) is 35.2 Å². The van der Waals surface area contributed by atoms with Crippen LogP contribution in [-0.4, -0.2) is 48.3 Å². The van der Waals surface area contributed by atoms with E-state index in [0.29, 0.717) is 6.54 Å². The lowest BCUT2D eigenvalue weighted by Crippen LogP contribution is -2.47. The van der Waals surface area contributed by atoms with E-state index in [1.54, 1.807) is 7.05 Å². The number of alkyl carbamates (subject to hydrolysis) is 1. The van der Waals surface area contributed by atoms with Crippen molar-refractivity contribution < 1.29 is 19.4 Å². The molecule has 114 valence electrons. The van der Waals surface area contributed by atoms with E-state index < -0.39 is 18.1 Å². The zero-order chi connectivity index (χ0) is 15.7. The van der Waals surface area contributed by atoms with Crippen LogP contribution < -0.4 is 5.32 Å². The molecule has 0 saturated heterocycles. The maximum atomic E-state index is 11.4. The summed E-state index contributed by atoms with van der Waals surface area (Å²) in [5.41, 5.74) is 1.07. The van der Waals surface area contributed by atoms with Crippen molar-refractivity contribution in [3.8, 4) is 0 Å². The summed E-state index contributed by atoms with van der Waals surface area (Å²) in [6, 6.07) is 8.64. The van der Waals surface area contributed by atoms with Crippen molar-refractivity contribution >= 4 is 12.1 Å². The number of rotatable bonds is 8. The highest BCUT2D eigenvalue weighted by Crippen LogP contribution is 2.03. The molecule has 0 aromatic heterocycles. The van der Waals surface area contributed by atoms with Crippen LogP contribution in [0.1, 0.15) is 5.56 Å². The molecule has 0 heterocycles. The second-order valence-electron chi connectivity index (χ2n) is 4.60. The summed E-state index contributed by atoms with van der Waals surface area (Å²) in [4.78, 5) is 24.4. The molecule has 0 aliphatic rings. The summed E-state index contributed by atoms with van der Waals surface area (Å²) < 4.78 is 4.72. The average Bonchev–Trinajstić information content (AvgIpc) is 2.45. The molecule has 21 heavy (non-hydrogen) atoms. The number of amides is 1. The fourth-order valence-electron chi connectivity index (χ4n) is 1.78. The van der Waals surface area contributed by atoms with Gasteiger partial charge in [0.1, 0.15) is 12.6 Å². The molecule has 1 rings (SSSR count). The van der Waals surface area contributed by atoms with Crippen molar-refractivity contribution in [2.24, 2.45) is 0 Å². The fraction of sp³-hybridized carbons (Fsp3) is 0.333. The first-order valence-electron chi connectivity index (χ1n) is 6.52. The van der Waals surface area contributed by atoms with E-state index in [-0.39, 0.29) is 13.2 Å². The van der Waals surface area contributed by atoms with Gasteiger partial charge in [-0.05, 0) is 12.6 Å². The Balaban J connectivity index is 2.51. The predicted molar refractivity (Wildman–Crippen MR) is 78.9 cm³/mol. The number of carboxylic acids is 1. The number of likely N-dealkylation sites (N-methyl/N-ethyl adjacent to an activating group) is 1. The van der Waals surface area contributed by atoms with Crippen molar-refractivity contribution in [3.05, 3.63) is 48.6 Å². The van der Waals surface area contributed by atoms with Crippen molar-refractivity contribution in [2.45, 2.75) is 12.6 Å². The van der Waals surface area contributed by atoms with Crippen LogP contribution in [0.3, 0.4) is 0 Å². The summed E-state index contributed by atoms with van der Waals surface area (Å²) in [5.74, 6) is -1.11. The highest BCUT2D eigenvalue weighted by atomic mass is 16.5. The quantitative estimate of drug-likeness (QED) is 0.710. The van der Waals surface area contributed by atoms with Gasteiger partial charge in [0.2, 0.25) is 0 Å². The van der Waals surface area contributed by atoms with Gasteiger partial charge in [0.25, 0.3) is 0 Å². The number of carbonyl (C=O) groups excluding carboxylic acids is 1. The first kappa shape index (κ1) is 16.7. The first-order valence-corrected chi connectivity index (χ1v) is 6.52. The van der Waals surface area contributed by atoms with Crippen LogP contribution in [0.25, 0.3) is 0 Å². The SMILES string of the molecule is C=CCOC(=O)NC(CN(C)Cc1ccccc1)C(=O)O. The molecule has 0 spiro atoms. The molecule has 2 N–H and O–H groups in total. The predicted octanol–water partition coefficient (Wildman–Crippen LogP) is 1.48. The molecule has 0 fully saturated rings. The number of nitrogens with one attached hydrogen (secondary N) is 1. The lowest BCUT2D eigenvalue weighted by atomic mass is 10.2. The molecule has 0 aliphatic carbocycles. The van der Waals surface area contributed by atoms with Crippen molar-refractivity contribution in [3.63, 3.8) is 0 Å². The molecule has 1 aromatic rings. The highest BCUT2D eigenvalue weighted by molar-refractivity contribution is 5.80. The van der Waals surface area contributed by atoms with Crippen LogP contribution in [0.4, 0.5) is 4.79 Å². The third kappa shape index (κ3) is 6.58. The highest BCUT2D eigenvalue weighted by Gasteiger charge is 2.22. The third-order valence-corrected chi connectivity index (χ3v) is 2.71. The van der Waals surface area contributed by atoms with Gasteiger partial charge in [-0.25, -0.2) is 9.59 Å². The Hall–Kier alpha value is -2.34. The van der Waals surface area contributed by atoms with Crippen LogP contribution in [-0.2, 0) is 16.1 Å². The lowest BCUT2D eigenvalue weighted by Gasteiger charge is -2.22. The van der Waals surface area contributed by atoms with E-state index in [1.165, 1.54) is 6.08 Å². The molecule has 1 atom stereocenters. The van der Waals surface area contributed by atoms with Gasteiger partial charge >= 0.3 is 12.1 Å². The van der Waals surface area contributed by atoms with Gasteiger partial charge in [0.05, 0.1) is 0 Å². The fourth-order valence-corrected chi connectivity index (χ4v) is 1.78. The van der Waals surface area contributed by atoms with Gasteiger partial charge in [-0.15, -0.1) is 0 Å². The Morgan fingerprint density at radius 3 is 2.67 bits per heavy atom. The molecule has 1 aromatic carbocycles. The van der Waals surface area contributed by atoms with E-state index in [2.05, 4.69) is 11.9 Å². The van der Waals surface area contributed by atoms with Crippen LogP contribution in [0.2, 0.25) is 0 Å². The molecule has 1 unspecified atom stereocenters. The summed E-state index contributed by atoms with van der Waals surface area (Å²) in [6.07, 6.45) is 0.645. The Labute approximate surface area is 124 Å². The summed E-state index contributed by atoms with van der Waals surface area (Å²) in [7, 11) is 1.79. The minimum atomic E-state index is -1.11. The van der Waals surface area contributed by atoms with E-state index >= 15 is 0 Å². The number of hydrogen-bond donors (Lipinski definition) is 2. The van der Waals surface area contributed by atoms with Crippen LogP contribution in [0, 0.1) is 0 Å². The Kier molecular flexibility index (Phi) is 6.97. The van der Waals surface area contributed by atoms with Gasteiger partial charge < -0.3 is 15.2 Å². The largest absolute Gasteiger partial charge is 0.480 e. The zero-order valence-electron chi connectivity index (χ0n) is 12.0. The molecule has 0 bridgehead atoms. The van der Waals surface area contributed by atoms with E-state index in [9.17, 15) is 9.59 Å². The monoisotopic (exact) mass is 292 g/mol. The molecule has 0 aliphatic heterocycles. The molecule has 1 amide bonds. The maximum Gasteiger partial charge on any atom is 0.408 e. The van der Waals surface area contributed by atoms with E-state index in [4.69, 9.17) is 9.84 Å². The number of aliphatic carboxylic acids is 1. The van der Waals surface area contributed by atoms with Gasteiger partial charge in [0.15, 0.2) is 0 Å². The Morgan fingerprint density at radius 2 is 2.10 bits per heavy atom. The number of nitrogens with zero attached hydrogens (tertiary/aromatic N) is 1. The first-order chi connectivity index (χ1) is 10.0. The molecular formula is C15H20N2O4. The number of carbonyl (C=O) groups is 2. The molecule has 6 nitrogen and oxygen atoms in total. The number of hydrogen-bond acceptors (Lipinski definition) is 4. The van der Waals surface area contributed by atoms with Crippen molar-refractivity contribution in [1.82, 2.24) is 10.2 Å². The van der Waals surface area contributed by atoms with Crippen molar-refractivity contribution in [2.75, 3.05) is 20.2 Å².